The molecule has 5 heteroatoms. The number of hydrogen-bond acceptors (Lipinski definition) is 4. The molecule has 0 radical (unpaired) electrons. The van der Waals surface area contributed by atoms with Crippen molar-refractivity contribution in [2.45, 2.75) is 44.6 Å². The van der Waals surface area contributed by atoms with E-state index in [0.717, 1.165) is 68.8 Å². The van der Waals surface area contributed by atoms with E-state index in [1.165, 1.54) is 0 Å². The molecule has 0 aromatic carbocycles. The molecule has 18 heavy (non-hydrogen) atoms. The summed E-state index contributed by atoms with van der Waals surface area (Å²) in [5.41, 5.74) is 7.92. The highest BCUT2D eigenvalue weighted by atomic mass is 16.1. The summed E-state index contributed by atoms with van der Waals surface area (Å²) < 4.78 is 0. The van der Waals surface area contributed by atoms with E-state index in [4.69, 9.17) is 5.73 Å². The zero-order chi connectivity index (χ0) is 12.5. The van der Waals surface area contributed by atoms with E-state index in [0.29, 0.717) is 0 Å². The first-order valence-corrected chi connectivity index (χ1v) is 6.86. The fraction of sp³-hybridized carbons (Fsp3) is 0.692. The molecule has 0 unspecified atom stereocenters. The van der Waals surface area contributed by atoms with E-state index in [-0.39, 0.29) is 11.6 Å². The third-order valence-electron chi connectivity index (χ3n) is 3.94. The summed E-state index contributed by atoms with van der Waals surface area (Å²) >= 11 is 0. The highest BCUT2D eigenvalue weighted by Gasteiger charge is 2.21. The molecule has 98 valence electrons. The Bertz CT molecular complexity index is 496. The highest BCUT2D eigenvalue weighted by molar-refractivity contribution is 5.35. The van der Waals surface area contributed by atoms with Crippen molar-refractivity contribution in [2.75, 3.05) is 18.0 Å². The van der Waals surface area contributed by atoms with Crippen LogP contribution in [0.1, 0.15) is 36.9 Å². The number of H-pyrrole nitrogens is 1. The molecule has 3 N–H and O–H groups in total. The maximum atomic E-state index is 12.1. The Kier molecular flexibility index (Phi) is 3.07. The zero-order valence-corrected chi connectivity index (χ0v) is 10.6. The van der Waals surface area contributed by atoms with Gasteiger partial charge in [-0.05, 0) is 38.5 Å². The number of aromatic nitrogens is 2. The second kappa shape index (κ2) is 4.72. The molecule has 1 aromatic heterocycles. The molecule has 0 saturated carbocycles. The van der Waals surface area contributed by atoms with Gasteiger partial charge in [0.15, 0.2) is 0 Å². The lowest BCUT2D eigenvalue weighted by molar-refractivity contribution is 0.497. The highest BCUT2D eigenvalue weighted by Crippen LogP contribution is 2.19. The van der Waals surface area contributed by atoms with Crippen LogP contribution in [-0.2, 0) is 12.8 Å². The van der Waals surface area contributed by atoms with E-state index in [1.54, 1.807) is 0 Å². The van der Waals surface area contributed by atoms with Crippen LogP contribution in [0.3, 0.4) is 0 Å². The number of anilines is 1. The standard InChI is InChI=1S/C13H20N4O/c14-9-4-3-7-17(8-9)13-15-11-6-2-1-5-10(11)12(18)16-13/h9H,1-8,14H2,(H,15,16,18)/t9-/m1/s1. The molecular formula is C13H20N4O. The van der Waals surface area contributed by atoms with Crippen LogP contribution in [0.5, 0.6) is 0 Å². The summed E-state index contributed by atoms with van der Waals surface area (Å²) in [5, 5.41) is 0. The van der Waals surface area contributed by atoms with Crippen LogP contribution < -0.4 is 16.2 Å². The molecule has 1 aromatic rings. The minimum absolute atomic E-state index is 0.0499. The first kappa shape index (κ1) is 11.7. The van der Waals surface area contributed by atoms with Gasteiger partial charge in [-0.3, -0.25) is 9.78 Å². The molecule has 2 aliphatic rings. The molecule has 0 bridgehead atoms. The van der Waals surface area contributed by atoms with Crippen molar-refractivity contribution in [3.8, 4) is 0 Å². The van der Waals surface area contributed by atoms with Crippen molar-refractivity contribution in [3.05, 3.63) is 21.6 Å². The molecule has 0 amide bonds. The van der Waals surface area contributed by atoms with Crippen molar-refractivity contribution in [3.63, 3.8) is 0 Å². The smallest absolute Gasteiger partial charge is 0.255 e. The molecule has 0 spiro atoms. The summed E-state index contributed by atoms with van der Waals surface area (Å²) in [4.78, 5) is 21.7. The lowest BCUT2D eigenvalue weighted by atomic mass is 9.97. The SMILES string of the molecule is N[C@@H]1CCCN(c2nc3c(c(=O)[nH]2)CCCC3)C1. The Morgan fingerprint density at radius 2 is 2.11 bits per heavy atom. The maximum Gasteiger partial charge on any atom is 0.255 e. The Hall–Kier alpha value is -1.36. The Morgan fingerprint density at radius 1 is 1.28 bits per heavy atom. The van der Waals surface area contributed by atoms with Crippen molar-refractivity contribution in [2.24, 2.45) is 5.73 Å². The average molecular weight is 248 g/mol. The normalized spacial score (nSPS) is 23.8. The number of fused-ring (bicyclic) bond motifs is 1. The van der Waals surface area contributed by atoms with Crippen molar-refractivity contribution < 1.29 is 0 Å². The molecule has 1 atom stereocenters. The number of hydrogen-bond donors (Lipinski definition) is 2. The predicted octanol–water partition coefficient (Wildman–Crippen LogP) is 0.576. The minimum Gasteiger partial charge on any atom is -0.341 e. The monoisotopic (exact) mass is 248 g/mol. The van der Waals surface area contributed by atoms with E-state index in [9.17, 15) is 4.79 Å². The maximum absolute atomic E-state index is 12.1. The molecule has 1 aliphatic carbocycles. The Labute approximate surface area is 106 Å². The third-order valence-corrected chi connectivity index (χ3v) is 3.94. The van der Waals surface area contributed by atoms with Gasteiger partial charge in [0.2, 0.25) is 5.95 Å². The zero-order valence-electron chi connectivity index (χ0n) is 10.6. The summed E-state index contributed by atoms with van der Waals surface area (Å²) in [7, 11) is 0. The summed E-state index contributed by atoms with van der Waals surface area (Å²) in [6, 6.07) is 0.195. The van der Waals surface area contributed by atoms with Gasteiger partial charge >= 0.3 is 0 Å². The first-order valence-electron chi connectivity index (χ1n) is 6.86. The largest absolute Gasteiger partial charge is 0.341 e. The molecule has 1 aliphatic heterocycles. The van der Waals surface area contributed by atoms with Gasteiger partial charge in [-0.15, -0.1) is 0 Å². The number of rotatable bonds is 1. The van der Waals surface area contributed by atoms with Crippen LogP contribution >= 0.6 is 0 Å². The van der Waals surface area contributed by atoms with Gasteiger partial charge in [0.1, 0.15) is 0 Å². The van der Waals surface area contributed by atoms with Crippen LogP contribution in [0.2, 0.25) is 0 Å². The number of piperidine rings is 1. The summed E-state index contributed by atoms with van der Waals surface area (Å²) in [5.74, 6) is 0.718. The van der Waals surface area contributed by atoms with Gasteiger partial charge in [-0.25, -0.2) is 4.98 Å². The predicted molar refractivity (Wildman–Crippen MR) is 70.9 cm³/mol. The van der Waals surface area contributed by atoms with Gasteiger partial charge < -0.3 is 10.6 Å². The molecule has 5 nitrogen and oxygen atoms in total. The van der Waals surface area contributed by atoms with E-state index >= 15 is 0 Å². The van der Waals surface area contributed by atoms with E-state index < -0.39 is 0 Å². The molecule has 3 rings (SSSR count). The van der Waals surface area contributed by atoms with Crippen LogP contribution in [-0.4, -0.2) is 29.1 Å². The second-order valence-corrected chi connectivity index (χ2v) is 5.37. The number of aromatic amines is 1. The molecule has 1 saturated heterocycles. The summed E-state index contributed by atoms with van der Waals surface area (Å²) in [6.07, 6.45) is 6.19. The van der Waals surface area contributed by atoms with Gasteiger partial charge in [0, 0.05) is 24.7 Å². The number of nitrogens with zero attached hydrogens (tertiary/aromatic N) is 2. The van der Waals surface area contributed by atoms with Crippen LogP contribution in [0.4, 0.5) is 5.95 Å². The Balaban J connectivity index is 1.93. The second-order valence-electron chi connectivity index (χ2n) is 5.37. The molecule has 2 heterocycles. The van der Waals surface area contributed by atoms with Crippen molar-refractivity contribution >= 4 is 5.95 Å². The van der Waals surface area contributed by atoms with Gasteiger partial charge in [0.25, 0.3) is 5.56 Å². The lowest BCUT2D eigenvalue weighted by Gasteiger charge is -2.31. The number of nitrogens with one attached hydrogen (secondary N) is 1. The van der Waals surface area contributed by atoms with Crippen LogP contribution in [0.25, 0.3) is 0 Å². The minimum atomic E-state index is 0.0499. The number of nitrogens with two attached hydrogens (primary N) is 1. The first-order chi connectivity index (χ1) is 8.74. The van der Waals surface area contributed by atoms with Gasteiger partial charge in [-0.1, -0.05) is 0 Å². The van der Waals surface area contributed by atoms with E-state index in [2.05, 4.69) is 14.9 Å². The van der Waals surface area contributed by atoms with Crippen molar-refractivity contribution in [1.82, 2.24) is 9.97 Å². The topological polar surface area (TPSA) is 75.0 Å². The summed E-state index contributed by atoms with van der Waals surface area (Å²) in [6.45, 7) is 1.73. The quantitative estimate of drug-likeness (QED) is 0.762. The van der Waals surface area contributed by atoms with Crippen LogP contribution in [0.15, 0.2) is 4.79 Å². The fourth-order valence-electron chi connectivity index (χ4n) is 2.94. The third kappa shape index (κ3) is 2.14. The molecule has 1 fully saturated rings. The Morgan fingerprint density at radius 3 is 2.94 bits per heavy atom. The lowest BCUT2D eigenvalue weighted by Crippen LogP contribution is -2.44. The fourth-order valence-corrected chi connectivity index (χ4v) is 2.94. The van der Waals surface area contributed by atoms with Crippen LogP contribution in [0, 0.1) is 0 Å². The molecular weight excluding hydrogens is 228 g/mol. The average Bonchev–Trinajstić information content (AvgIpc) is 2.39. The number of aryl methyl sites for hydroxylation is 1. The van der Waals surface area contributed by atoms with E-state index in [1.807, 2.05) is 0 Å². The van der Waals surface area contributed by atoms with Gasteiger partial charge in [-0.2, -0.15) is 0 Å². The van der Waals surface area contributed by atoms with Gasteiger partial charge in [0.05, 0.1) is 5.69 Å². The van der Waals surface area contributed by atoms with Crippen molar-refractivity contribution in [1.29, 1.82) is 0 Å².